The van der Waals surface area contributed by atoms with E-state index in [1.165, 1.54) is 0 Å². The molecule has 0 aliphatic rings. The molecule has 4 rings (SSSR count). The molecule has 2 aromatic heterocycles. The Labute approximate surface area is 143 Å². The summed E-state index contributed by atoms with van der Waals surface area (Å²) in [5, 5.41) is 4.38. The van der Waals surface area contributed by atoms with E-state index in [2.05, 4.69) is 16.1 Å². The zero-order valence-corrected chi connectivity index (χ0v) is 14.1. The summed E-state index contributed by atoms with van der Waals surface area (Å²) in [5.74, 6) is 1.65. The number of benzene rings is 2. The molecule has 0 bridgehead atoms. The molecule has 0 N–H and O–H groups in total. The molecule has 0 spiro atoms. The summed E-state index contributed by atoms with van der Waals surface area (Å²) in [5.41, 5.74) is 3.08. The third kappa shape index (κ3) is 2.32. The summed E-state index contributed by atoms with van der Waals surface area (Å²) >= 11 is 1.60. The van der Waals surface area contributed by atoms with Gasteiger partial charge < -0.3 is 9.47 Å². The first-order valence-corrected chi connectivity index (χ1v) is 8.24. The third-order valence-corrected chi connectivity index (χ3v) is 4.93. The number of fused-ring (bicyclic) bond motifs is 1. The van der Waals surface area contributed by atoms with Gasteiger partial charge in [-0.1, -0.05) is 23.5 Å². The highest BCUT2D eigenvalue weighted by atomic mass is 32.1. The van der Waals surface area contributed by atoms with Crippen LogP contribution in [0.4, 0.5) is 0 Å². The van der Waals surface area contributed by atoms with E-state index in [0.717, 1.165) is 38.2 Å². The maximum Gasteiger partial charge on any atom is 0.213 e. The molecular weight excluding hydrogens is 322 g/mol. The van der Waals surface area contributed by atoms with Gasteiger partial charge >= 0.3 is 0 Å². The van der Waals surface area contributed by atoms with Crippen molar-refractivity contribution in [3.05, 3.63) is 54.9 Å². The van der Waals surface area contributed by atoms with Gasteiger partial charge in [-0.3, -0.25) is 0 Å². The topological polar surface area (TPSA) is 48.7 Å². The standard InChI is InChI=1S/C18H15N3O2S/c1-22-13-9-7-12(8-10-13)16-17(24-18-19-11-20-21(16)18)14-5-3-4-6-15(14)23-2/h3-11H,1-2H3. The fourth-order valence-electron chi connectivity index (χ4n) is 2.71. The van der Waals surface area contributed by atoms with E-state index in [1.807, 2.05) is 47.0 Å². The average molecular weight is 337 g/mol. The number of methoxy groups -OCH3 is 2. The molecular formula is C18H15N3O2S. The summed E-state index contributed by atoms with van der Waals surface area (Å²) in [4.78, 5) is 6.27. The SMILES string of the molecule is COc1ccc(-c2c(-c3ccccc3OC)sc3ncnn23)cc1. The van der Waals surface area contributed by atoms with E-state index in [1.54, 1.807) is 31.9 Å². The molecule has 4 aromatic rings. The molecule has 2 heterocycles. The molecule has 0 unspecified atom stereocenters. The van der Waals surface area contributed by atoms with Gasteiger partial charge in [0.2, 0.25) is 4.96 Å². The molecule has 0 saturated heterocycles. The fourth-order valence-corrected chi connectivity index (χ4v) is 3.79. The Bertz CT molecular complexity index is 989. The molecule has 0 saturated carbocycles. The minimum Gasteiger partial charge on any atom is -0.497 e. The van der Waals surface area contributed by atoms with Gasteiger partial charge in [-0.2, -0.15) is 5.10 Å². The second-order valence-corrected chi connectivity index (χ2v) is 6.14. The van der Waals surface area contributed by atoms with E-state index in [-0.39, 0.29) is 0 Å². The summed E-state index contributed by atoms with van der Waals surface area (Å²) in [7, 11) is 3.35. The molecule has 0 aliphatic carbocycles. The lowest BCUT2D eigenvalue weighted by Gasteiger charge is -2.09. The molecule has 0 radical (unpaired) electrons. The summed E-state index contributed by atoms with van der Waals surface area (Å²) in [6.45, 7) is 0. The quantitative estimate of drug-likeness (QED) is 0.561. The van der Waals surface area contributed by atoms with Crippen LogP contribution in [0.2, 0.25) is 0 Å². The molecule has 5 nitrogen and oxygen atoms in total. The first-order valence-electron chi connectivity index (χ1n) is 7.42. The number of aromatic nitrogens is 3. The van der Waals surface area contributed by atoms with E-state index in [4.69, 9.17) is 9.47 Å². The molecule has 0 atom stereocenters. The van der Waals surface area contributed by atoms with Crippen LogP contribution in [0.5, 0.6) is 11.5 Å². The van der Waals surface area contributed by atoms with Gasteiger partial charge in [0.1, 0.15) is 17.8 Å². The zero-order valence-electron chi connectivity index (χ0n) is 13.3. The van der Waals surface area contributed by atoms with Crippen molar-refractivity contribution in [1.82, 2.24) is 14.6 Å². The first kappa shape index (κ1) is 14.7. The highest BCUT2D eigenvalue weighted by molar-refractivity contribution is 7.20. The maximum absolute atomic E-state index is 5.54. The highest BCUT2D eigenvalue weighted by Gasteiger charge is 2.19. The smallest absolute Gasteiger partial charge is 0.213 e. The molecule has 2 aromatic carbocycles. The van der Waals surface area contributed by atoms with E-state index in [0.29, 0.717) is 0 Å². The number of hydrogen-bond acceptors (Lipinski definition) is 5. The van der Waals surface area contributed by atoms with Crippen molar-refractivity contribution >= 4 is 16.3 Å². The van der Waals surface area contributed by atoms with Crippen molar-refractivity contribution in [2.75, 3.05) is 14.2 Å². The molecule has 0 aliphatic heterocycles. The van der Waals surface area contributed by atoms with Crippen LogP contribution in [-0.2, 0) is 0 Å². The molecule has 24 heavy (non-hydrogen) atoms. The third-order valence-electron chi connectivity index (χ3n) is 3.85. The number of ether oxygens (including phenoxy) is 2. The van der Waals surface area contributed by atoms with Crippen LogP contribution in [0.15, 0.2) is 54.9 Å². The first-order chi connectivity index (χ1) is 11.8. The Morgan fingerprint density at radius 2 is 1.75 bits per heavy atom. The lowest BCUT2D eigenvalue weighted by molar-refractivity contribution is 0.415. The minimum absolute atomic E-state index is 0.822. The lowest BCUT2D eigenvalue weighted by atomic mass is 10.1. The van der Waals surface area contributed by atoms with Gasteiger partial charge in [0, 0.05) is 11.1 Å². The lowest BCUT2D eigenvalue weighted by Crippen LogP contribution is -1.92. The van der Waals surface area contributed by atoms with Crippen molar-refractivity contribution in [3.8, 4) is 33.2 Å². The van der Waals surface area contributed by atoms with Gasteiger partial charge in [-0.05, 0) is 36.4 Å². The molecule has 120 valence electrons. The fraction of sp³-hybridized carbons (Fsp3) is 0.111. The van der Waals surface area contributed by atoms with Crippen LogP contribution in [-0.4, -0.2) is 28.8 Å². The van der Waals surface area contributed by atoms with Crippen LogP contribution in [0.25, 0.3) is 26.7 Å². The van der Waals surface area contributed by atoms with E-state index in [9.17, 15) is 0 Å². The number of hydrogen-bond donors (Lipinski definition) is 0. The maximum atomic E-state index is 5.54. The van der Waals surface area contributed by atoms with Crippen LogP contribution < -0.4 is 9.47 Å². The second kappa shape index (κ2) is 5.98. The highest BCUT2D eigenvalue weighted by Crippen LogP contribution is 2.42. The number of rotatable bonds is 4. The monoisotopic (exact) mass is 337 g/mol. The number of nitrogens with zero attached hydrogens (tertiary/aromatic N) is 3. The van der Waals surface area contributed by atoms with E-state index < -0.39 is 0 Å². The Morgan fingerprint density at radius 1 is 0.958 bits per heavy atom. The predicted octanol–water partition coefficient (Wildman–Crippen LogP) is 4.14. The average Bonchev–Trinajstić information content (AvgIpc) is 3.22. The van der Waals surface area contributed by atoms with Crippen LogP contribution in [0, 0.1) is 0 Å². The van der Waals surface area contributed by atoms with Crippen molar-refractivity contribution in [1.29, 1.82) is 0 Å². The summed E-state index contributed by atoms with van der Waals surface area (Å²) < 4.78 is 12.7. The largest absolute Gasteiger partial charge is 0.497 e. The predicted molar refractivity (Wildman–Crippen MR) is 94.8 cm³/mol. The van der Waals surface area contributed by atoms with Crippen molar-refractivity contribution < 1.29 is 9.47 Å². The van der Waals surface area contributed by atoms with E-state index >= 15 is 0 Å². The normalized spacial score (nSPS) is 10.9. The number of thiazole rings is 1. The van der Waals surface area contributed by atoms with Gasteiger partial charge in [0.05, 0.1) is 24.8 Å². The minimum atomic E-state index is 0.822. The van der Waals surface area contributed by atoms with Gasteiger partial charge in [-0.25, -0.2) is 9.50 Å². The van der Waals surface area contributed by atoms with Gasteiger partial charge in [0.15, 0.2) is 0 Å². The van der Waals surface area contributed by atoms with Gasteiger partial charge in [-0.15, -0.1) is 0 Å². The second-order valence-electron chi connectivity index (χ2n) is 5.16. The van der Waals surface area contributed by atoms with Crippen molar-refractivity contribution in [2.45, 2.75) is 0 Å². The van der Waals surface area contributed by atoms with Crippen LogP contribution in [0.3, 0.4) is 0 Å². The summed E-state index contributed by atoms with van der Waals surface area (Å²) in [6, 6.07) is 15.9. The molecule has 0 fully saturated rings. The van der Waals surface area contributed by atoms with Crippen molar-refractivity contribution in [3.63, 3.8) is 0 Å². The Morgan fingerprint density at radius 3 is 2.50 bits per heavy atom. The van der Waals surface area contributed by atoms with Crippen molar-refractivity contribution in [2.24, 2.45) is 0 Å². The molecule has 0 amide bonds. The van der Waals surface area contributed by atoms with Crippen LogP contribution >= 0.6 is 11.3 Å². The summed E-state index contributed by atoms with van der Waals surface area (Å²) in [6.07, 6.45) is 1.57. The Balaban J connectivity index is 1.97. The Hall–Kier alpha value is -2.86. The Kier molecular flexibility index (Phi) is 3.66. The number of para-hydroxylation sites is 1. The zero-order chi connectivity index (χ0) is 16.5. The van der Waals surface area contributed by atoms with Gasteiger partial charge in [0.25, 0.3) is 0 Å². The van der Waals surface area contributed by atoms with Crippen LogP contribution in [0.1, 0.15) is 0 Å². The molecule has 6 heteroatoms.